The average Bonchev–Trinajstić information content (AvgIpc) is 2.96. The van der Waals surface area contributed by atoms with Crippen LogP contribution in [0.2, 0.25) is 0 Å². The number of nitrogens with one attached hydrogen (secondary N) is 2. The third-order valence-electron chi connectivity index (χ3n) is 2.75. The number of hydrogen-bond acceptors (Lipinski definition) is 3. The SMILES string of the molecule is CCn1cncc1CNC(C)c1cn[nH]c1. The highest BCUT2D eigenvalue weighted by atomic mass is 15.1. The summed E-state index contributed by atoms with van der Waals surface area (Å²) in [5.41, 5.74) is 2.38. The van der Waals surface area contributed by atoms with Gasteiger partial charge in [-0.25, -0.2) is 4.98 Å². The van der Waals surface area contributed by atoms with Gasteiger partial charge >= 0.3 is 0 Å². The number of aromatic nitrogens is 4. The predicted octanol–water partition coefficient (Wildman–Crippen LogP) is 1.48. The predicted molar refractivity (Wildman–Crippen MR) is 61.7 cm³/mol. The molecular formula is C11H17N5. The maximum Gasteiger partial charge on any atom is 0.0948 e. The number of H-pyrrole nitrogens is 1. The van der Waals surface area contributed by atoms with E-state index in [4.69, 9.17) is 0 Å². The molecule has 2 heterocycles. The number of imidazole rings is 1. The first-order valence-corrected chi connectivity index (χ1v) is 5.52. The summed E-state index contributed by atoms with van der Waals surface area (Å²) in [6, 6.07) is 0.291. The number of hydrogen-bond donors (Lipinski definition) is 2. The molecule has 0 saturated carbocycles. The van der Waals surface area contributed by atoms with Gasteiger partial charge in [-0.2, -0.15) is 5.10 Å². The van der Waals surface area contributed by atoms with Gasteiger partial charge in [-0.1, -0.05) is 0 Å². The first-order valence-electron chi connectivity index (χ1n) is 5.52. The summed E-state index contributed by atoms with van der Waals surface area (Å²) < 4.78 is 2.13. The topological polar surface area (TPSA) is 58.5 Å². The second kappa shape index (κ2) is 4.94. The summed E-state index contributed by atoms with van der Waals surface area (Å²) >= 11 is 0. The van der Waals surface area contributed by atoms with E-state index in [1.807, 2.05) is 24.9 Å². The lowest BCUT2D eigenvalue weighted by Crippen LogP contribution is -2.19. The minimum absolute atomic E-state index is 0.291. The lowest BCUT2D eigenvalue weighted by molar-refractivity contribution is 0.550. The molecular weight excluding hydrogens is 202 g/mol. The van der Waals surface area contributed by atoms with Crippen molar-refractivity contribution in [2.24, 2.45) is 0 Å². The van der Waals surface area contributed by atoms with Crippen LogP contribution in [0.3, 0.4) is 0 Å². The van der Waals surface area contributed by atoms with Crippen LogP contribution in [0.1, 0.15) is 31.1 Å². The molecule has 0 amide bonds. The van der Waals surface area contributed by atoms with Crippen molar-refractivity contribution in [3.05, 3.63) is 36.2 Å². The molecule has 86 valence electrons. The fourth-order valence-electron chi connectivity index (χ4n) is 1.65. The molecule has 0 aliphatic rings. The molecule has 5 nitrogen and oxygen atoms in total. The van der Waals surface area contributed by atoms with Crippen LogP contribution < -0.4 is 5.32 Å². The maximum atomic E-state index is 4.14. The highest BCUT2D eigenvalue weighted by molar-refractivity contribution is 5.08. The number of rotatable bonds is 5. The van der Waals surface area contributed by atoms with Crippen molar-refractivity contribution in [1.29, 1.82) is 0 Å². The largest absolute Gasteiger partial charge is 0.334 e. The first kappa shape index (κ1) is 10.9. The van der Waals surface area contributed by atoms with Crippen molar-refractivity contribution in [3.63, 3.8) is 0 Å². The Balaban J connectivity index is 1.92. The van der Waals surface area contributed by atoms with Crippen LogP contribution in [0.15, 0.2) is 24.9 Å². The van der Waals surface area contributed by atoms with E-state index >= 15 is 0 Å². The molecule has 2 aromatic heterocycles. The molecule has 0 saturated heterocycles. The highest BCUT2D eigenvalue weighted by Gasteiger charge is 2.07. The number of aryl methyl sites for hydroxylation is 1. The van der Waals surface area contributed by atoms with Crippen LogP contribution in [-0.4, -0.2) is 19.7 Å². The van der Waals surface area contributed by atoms with Crippen LogP contribution in [0.4, 0.5) is 0 Å². The van der Waals surface area contributed by atoms with Crippen LogP contribution in [-0.2, 0) is 13.1 Å². The van der Waals surface area contributed by atoms with E-state index in [1.165, 1.54) is 11.3 Å². The van der Waals surface area contributed by atoms with Gasteiger partial charge in [0.2, 0.25) is 0 Å². The molecule has 1 unspecified atom stereocenters. The Kier molecular flexibility index (Phi) is 3.36. The zero-order chi connectivity index (χ0) is 11.4. The Morgan fingerprint density at radius 2 is 2.38 bits per heavy atom. The molecule has 0 radical (unpaired) electrons. The zero-order valence-corrected chi connectivity index (χ0v) is 9.64. The van der Waals surface area contributed by atoms with Crippen molar-refractivity contribution < 1.29 is 0 Å². The lowest BCUT2D eigenvalue weighted by atomic mass is 10.2. The van der Waals surface area contributed by atoms with Crippen LogP contribution in [0.5, 0.6) is 0 Å². The standard InChI is InChI=1S/C11H17N5/c1-3-16-8-12-6-11(16)7-13-9(2)10-4-14-15-5-10/h4-6,8-9,13H,3,7H2,1-2H3,(H,14,15). The van der Waals surface area contributed by atoms with Gasteiger partial charge in [0.15, 0.2) is 0 Å². The number of aromatic amines is 1. The molecule has 2 aromatic rings. The normalized spacial score (nSPS) is 12.9. The van der Waals surface area contributed by atoms with Crippen molar-refractivity contribution in [3.8, 4) is 0 Å². The highest BCUT2D eigenvalue weighted by Crippen LogP contribution is 2.10. The van der Waals surface area contributed by atoms with Gasteiger partial charge in [-0.05, 0) is 13.8 Å². The van der Waals surface area contributed by atoms with E-state index in [0.717, 1.165) is 13.1 Å². The van der Waals surface area contributed by atoms with Crippen molar-refractivity contribution in [2.75, 3.05) is 0 Å². The average molecular weight is 219 g/mol. The second-order valence-corrected chi connectivity index (χ2v) is 3.81. The quantitative estimate of drug-likeness (QED) is 0.800. The minimum atomic E-state index is 0.291. The van der Waals surface area contributed by atoms with Gasteiger partial charge < -0.3 is 9.88 Å². The number of nitrogens with zero attached hydrogens (tertiary/aromatic N) is 3. The lowest BCUT2D eigenvalue weighted by Gasteiger charge is -2.12. The summed E-state index contributed by atoms with van der Waals surface area (Å²) in [5.74, 6) is 0. The van der Waals surface area contributed by atoms with Crippen LogP contribution in [0, 0.1) is 0 Å². The third kappa shape index (κ3) is 2.30. The molecule has 5 heteroatoms. The van der Waals surface area contributed by atoms with E-state index in [-0.39, 0.29) is 0 Å². The maximum absolute atomic E-state index is 4.14. The van der Waals surface area contributed by atoms with E-state index in [1.54, 1.807) is 0 Å². The molecule has 0 aromatic carbocycles. The van der Waals surface area contributed by atoms with E-state index in [9.17, 15) is 0 Å². The molecule has 16 heavy (non-hydrogen) atoms. The molecule has 0 fully saturated rings. The Morgan fingerprint density at radius 3 is 3.06 bits per heavy atom. The second-order valence-electron chi connectivity index (χ2n) is 3.81. The van der Waals surface area contributed by atoms with E-state index in [2.05, 4.69) is 38.9 Å². The van der Waals surface area contributed by atoms with Gasteiger partial charge in [0.25, 0.3) is 0 Å². The van der Waals surface area contributed by atoms with Gasteiger partial charge in [0.05, 0.1) is 18.2 Å². The smallest absolute Gasteiger partial charge is 0.0948 e. The summed E-state index contributed by atoms with van der Waals surface area (Å²) in [7, 11) is 0. The Morgan fingerprint density at radius 1 is 1.50 bits per heavy atom. The Hall–Kier alpha value is -1.62. The summed E-state index contributed by atoms with van der Waals surface area (Å²) in [4.78, 5) is 4.14. The van der Waals surface area contributed by atoms with Gasteiger partial charge in [-0.15, -0.1) is 0 Å². The molecule has 1 atom stereocenters. The summed E-state index contributed by atoms with van der Waals surface area (Å²) in [6.07, 6.45) is 7.52. The fraction of sp³-hybridized carbons (Fsp3) is 0.455. The molecule has 0 bridgehead atoms. The zero-order valence-electron chi connectivity index (χ0n) is 9.64. The Bertz CT molecular complexity index is 417. The summed E-state index contributed by atoms with van der Waals surface area (Å²) in [5, 5.41) is 10.2. The molecule has 0 aliphatic carbocycles. The monoisotopic (exact) mass is 219 g/mol. The molecule has 0 spiro atoms. The molecule has 2 rings (SSSR count). The van der Waals surface area contributed by atoms with Crippen molar-refractivity contribution in [1.82, 2.24) is 25.1 Å². The third-order valence-corrected chi connectivity index (χ3v) is 2.75. The minimum Gasteiger partial charge on any atom is -0.334 e. The van der Waals surface area contributed by atoms with Gasteiger partial charge in [0.1, 0.15) is 0 Å². The van der Waals surface area contributed by atoms with E-state index in [0.29, 0.717) is 6.04 Å². The summed E-state index contributed by atoms with van der Waals surface area (Å²) in [6.45, 7) is 6.01. The molecule has 0 aliphatic heterocycles. The Labute approximate surface area is 94.9 Å². The molecule has 2 N–H and O–H groups in total. The van der Waals surface area contributed by atoms with Crippen molar-refractivity contribution in [2.45, 2.75) is 33.0 Å². The van der Waals surface area contributed by atoms with Crippen LogP contribution in [0.25, 0.3) is 0 Å². The first-order chi connectivity index (χ1) is 7.81. The van der Waals surface area contributed by atoms with Crippen molar-refractivity contribution >= 4 is 0 Å². The van der Waals surface area contributed by atoms with Crippen LogP contribution >= 0.6 is 0 Å². The van der Waals surface area contributed by atoms with E-state index < -0.39 is 0 Å². The van der Waals surface area contributed by atoms with Gasteiger partial charge in [0, 0.05) is 37.1 Å². The fourth-order valence-corrected chi connectivity index (χ4v) is 1.65. The van der Waals surface area contributed by atoms with Gasteiger partial charge in [-0.3, -0.25) is 5.10 Å².